The molecule has 1 heterocycles. The van der Waals surface area contributed by atoms with Crippen molar-refractivity contribution in [1.82, 2.24) is 20.4 Å². The monoisotopic (exact) mass is 276 g/mol. The van der Waals surface area contributed by atoms with Crippen molar-refractivity contribution < 1.29 is 9.53 Å². The fourth-order valence-corrected chi connectivity index (χ4v) is 1.53. The molecule has 0 fully saturated rings. The highest BCUT2D eigenvalue weighted by Gasteiger charge is 2.19. The molecule has 0 aromatic carbocycles. The van der Waals surface area contributed by atoms with Gasteiger partial charge in [0.05, 0.1) is 12.8 Å². The van der Waals surface area contributed by atoms with Crippen LogP contribution < -0.4 is 10.6 Å². The van der Waals surface area contributed by atoms with Gasteiger partial charge in [-0.2, -0.15) is 5.10 Å². The van der Waals surface area contributed by atoms with Crippen LogP contribution in [0.25, 0.3) is 0 Å². The van der Waals surface area contributed by atoms with E-state index in [0.29, 0.717) is 19.8 Å². The maximum atomic E-state index is 11.9. The lowest BCUT2D eigenvalue weighted by atomic mass is 10.1. The summed E-state index contributed by atoms with van der Waals surface area (Å²) >= 11 is 0. The summed E-state index contributed by atoms with van der Waals surface area (Å²) in [6, 6.07) is -0.370. The van der Waals surface area contributed by atoms with Crippen LogP contribution in [0.1, 0.15) is 18.5 Å². The molecule has 2 N–H and O–H groups in total. The molecule has 0 spiro atoms. The van der Waals surface area contributed by atoms with Crippen LogP contribution in [0.5, 0.6) is 0 Å². The number of aryl methyl sites for hydroxylation is 1. The third kappa shape index (κ3) is 5.03. The van der Waals surface area contributed by atoms with Crippen LogP contribution in [0.4, 0.5) is 0 Å². The zero-order valence-electron chi connectivity index (χ0n) is 11.0. The molecular formula is C11H21ClN4O2. The summed E-state index contributed by atoms with van der Waals surface area (Å²) in [6.45, 7) is 3.64. The smallest absolute Gasteiger partial charge is 0.241 e. The predicted octanol–water partition coefficient (Wildman–Crippen LogP) is 0.255. The zero-order valence-corrected chi connectivity index (χ0v) is 11.8. The Bertz CT molecular complexity index is 357. The molecule has 1 unspecified atom stereocenters. The van der Waals surface area contributed by atoms with Crippen molar-refractivity contribution in [3.05, 3.63) is 18.0 Å². The number of carbonyl (C=O) groups excluding carboxylic acids is 1. The molecule has 0 aliphatic carbocycles. The second-order valence-electron chi connectivity index (χ2n) is 3.66. The fraction of sp³-hybridized carbons (Fsp3) is 0.636. The van der Waals surface area contributed by atoms with Gasteiger partial charge in [-0.05, 0) is 14.0 Å². The van der Waals surface area contributed by atoms with E-state index < -0.39 is 0 Å². The van der Waals surface area contributed by atoms with Crippen LogP contribution in [0.15, 0.2) is 12.4 Å². The lowest BCUT2D eigenvalue weighted by Gasteiger charge is -2.14. The Labute approximate surface area is 113 Å². The normalized spacial score (nSPS) is 11.7. The van der Waals surface area contributed by atoms with Gasteiger partial charge in [0, 0.05) is 32.0 Å². The highest BCUT2D eigenvalue weighted by atomic mass is 35.5. The minimum atomic E-state index is -0.370. The Morgan fingerprint density at radius 1 is 1.61 bits per heavy atom. The van der Waals surface area contributed by atoms with Crippen LogP contribution in [0, 0.1) is 0 Å². The lowest BCUT2D eigenvalue weighted by molar-refractivity contribution is -0.123. The Hall–Kier alpha value is -1.11. The van der Waals surface area contributed by atoms with E-state index in [1.807, 2.05) is 20.2 Å². The predicted molar refractivity (Wildman–Crippen MR) is 71.8 cm³/mol. The average Bonchev–Trinajstić information content (AvgIpc) is 2.72. The van der Waals surface area contributed by atoms with Gasteiger partial charge < -0.3 is 15.4 Å². The molecule has 104 valence electrons. The molecule has 0 saturated carbocycles. The second-order valence-corrected chi connectivity index (χ2v) is 3.66. The molecule has 1 amide bonds. The van der Waals surface area contributed by atoms with Gasteiger partial charge in [-0.25, -0.2) is 0 Å². The number of hydrogen-bond donors (Lipinski definition) is 2. The first-order valence-electron chi connectivity index (χ1n) is 5.70. The van der Waals surface area contributed by atoms with E-state index >= 15 is 0 Å². The summed E-state index contributed by atoms with van der Waals surface area (Å²) in [5.41, 5.74) is 0.851. The van der Waals surface area contributed by atoms with E-state index in [1.165, 1.54) is 0 Å². The number of halogens is 1. The minimum absolute atomic E-state index is 0. The second kappa shape index (κ2) is 8.91. The lowest BCUT2D eigenvalue weighted by Crippen LogP contribution is -2.37. The van der Waals surface area contributed by atoms with Crippen LogP contribution in [-0.4, -0.2) is 42.5 Å². The Balaban J connectivity index is 0.00000289. The van der Waals surface area contributed by atoms with Crippen LogP contribution in [-0.2, 0) is 16.6 Å². The molecule has 1 rings (SSSR count). The van der Waals surface area contributed by atoms with Crippen molar-refractivity contribution in [3.63, 3.8) is 0 Å². The number of likely N-dealkylation sites (N-methyl/N-ethyl adjacent to an activating group) is 1. The van der Waals surface area contributed by atoms with Gasteiger partial charge >= 0.3 is 0 Å². The summed E-state index contributed by atoms with van der Waals surface area (Å²) in [5.74, 6) is -0.0693. The summed E-state index contributed by atoms with van der Waals surface area (Å²) in [4.78, 5) is 11.9. The first kappa shape index (κ1) is 16.9. The Kier molecular flexibility index (Phi) is 8.36. The number of amides is 1. The molecular weight excluding hydrogens is 256 g/mol. The highest BCUT2D eigenvalue weighted by molar-refractivity contribution is 5.85. The number of rotatable bonds is 7. The van der Waals surface area contributed by atoms with Crippen molar-refractivity contribution in [1.29, 1.82) is 0 Å². The van der Waals surface area contributed by atoms with Crippen LogP contribution in [0.2, 0.25) is 0 Å². The highest BCUT2D eigenvalue weighted by Crippen LogP contribution is 2.10. The van der Waals surface area contributed by atoms with Gasteiger partial charge in [0.25, 0.3) is 0 Å². The quantitative estimate of drug-likeness (QED) is 0.701. The topological polar surface area (TPSA) is 68.2 Å². The van der Waals surface area contributed by atoms with E-state index in [-0.39, 0.29) is 24.4 Å². The molecule has 0 bridgehead atoms. The summed E-state index contributed by atoms with van der Waals surface area (Å²) < 4.78 is 6.83. The minimum Gasteiger partial charge on any atom is -0.380 e. The van der Waals surface area contributed by atoms with E-state index in [2.05, 4.69) is 15.7 Å². The molecule has 18 heavy (non-hydrogen) atoms. The van der Waals surface area contributed by atoms with Crippen molar-refractivity contribution in [2.24, 2.45) is 7.05 Å². The molecule has 1 aromatic rings. The first-order valence-corrected chi connectivity index (χ1v) is 5.70. The van der Waals surface area contributed by atoms with E-state index in [9.17, 15) is 4.79 Å². The number of hydrogen-bond acceptors (Lipinski definition) is 4. The van der Waals surface area contributed by atoms with Gasteiger partial charge in [-0.1, -0.05) is 0 Å². The zero-order chi connectivity index (χ0) is 12.7. The molecule has 0 aliphatic heterocycles. The standard InChI is InChI=1S/C11H20N4O2.ClH/c1-4-17-6-5-13-11(16)10(12-2)9-7-14-15(3)8-9;/h7-8,10,12H,4-6H2,1-3H3,(H,13,16);1H. The molecule has 1 aromatic heterocycles. The van der Waals surface area contributed by atoms with Crippen LogP contribution >= 0.6 is 12.4 Å². The number of carbonyl (C=O) groups is 1. The largest absolute Gasteiger partial charge is 0.380 e. The summed E-state index contributed by atoms with van der Waals surface area (Å²) in [5, 5.41) is 9.83. The Morgan fingerprint density at radius 3 is 2.83 bits per heavy atom. The van der Waals surface area contributed by atoms with Crippen molar-refractivity contribution in [3.8, 4) is 0 Å². The molecule has 7 heteroatoms. The van der Waals surface area contributed by atoms with Gasteiger partial charge in [-0.3, -0.25) is 9.48 Å². The van der Waals surface area contributed by atoms with E-state index in [1.54, 1.807) is 17.9 Å². The fourth-order valence-electron chi connectivity index (χ4n) is 1.53. The molecule has 0 radical (unpaired) electrons. The van der Waals surface area contributed by atoms with Crippen molar-refractivity contribution in [2.75, 3.05) is 26.8 Å². The summed E-state index contributed by atoms with van der Waals surface area (Å²) in [6.07, 6.45) is 3.51. The summed E-state index contributed by atoms with van der Waals surface area (Å²) in [7, 11) is 3.57. The van der Waals surface area contributed by atoms with E-state index in [4.69, 9.17) is 4.74 Å². The third-order valence-electron chi connectivity index (χ3n) is 2.36. The van der Waals surface area contributed by atoms with Gasteiger partial charge in [-0.15, -0.1) is 12.4 Å². The average molecular weight is 277 g/mol. The SMILES string of the molecule is CCOCCNC(=O)C(NC)c1cnn(C)c1.Cl. The Morgan fingerprint density at radius 2 is 2.33 bits per heavy atom. The maximum Gasteiger partial charge on any atom is 0.241 e. The number of nitrogens with one attached hydrogen (secondary N) is 2. The molecule has 0 saturated heterocycles. The first-order chi connectivity index (χ1) is 8.19. The van der Waals surface area contributed by atoms with Gasteiger partial charge in [0.2, 0.25) is 5.91 Å². The van der Waals surface area contributed by atoms with Crippen molar-refractivity contribution >= 4 is 18.3 Å². The van der Waals surface area contributed by atoms with Crippen LogP contribution in [0.3, 0.4) is 0 Å². The van der Waals surface area contributed by atoms with Crippen molar-refractivity contribution in [2.45, 2.75) is 13.0 Å². The third-order valence-corrected chi connectivity index (χ3v) is 2.36. The maximum absolute atomic E-state index is 11.9. The van der Waals surface area contributed by atoms with Gasteiger partial charge in [0.15, 0.2) is 0 Å². The molecule has 6 nitrogen and oxygen atoms in total. The molecule has 0 aliphatic rings. The number of aromatic nitrogens is 2. The number of ether oxygens (including phenoxy) is 1. The molecule has 1 atom stereocenters. The van der Waals surface area contributed by atoms with E-state index in [0.717, 1.165) is 5.56 Å². The van der Waals surface area contributed by atoms with Gasteiger partial charge in [0.1, 0.15) is 6.04 Å². The number of nitrogens with zero attached hydrogens (tertiary/aromatic N) is 2.